The van der Waals surface area contributed by atoms with Gasteiger partial charge in [0.15, 0.2) is 9.84 Å². The van der Waals surface area contributed by atoms with Crippen LogP contribution < -0.4 is 0 Å². The van der Waals surface area contributed by atoms with E-state index in [2.05, 4.69) is 0 Å². The average molecular weight is 273 g/mol. The molecular formula is C12H16FNO3S. The Morgan fingerprint density at radius 3 is 2.50 bits per heavy atom. The fourth-order valence-electron chi connectivity index (χ4n) is 1.30. The molecule has 0 aromatic heterocycles. The van der Waals surface area contributed by atoms with Crippen molar-refractivity contribution in [1.29, 1.82) is 0 Å². The topological polar surface area (TPSA) is 54.5 Å². The number of carbonyl (C=O) groups excluding carboxylic acids is 1. The van der Waals surface area contributed by atoms with Crippen LogP contribution in [0.5, 0.6) is 0 Å². The number of halogens is 1. The van der Waals surface area contributed by atoms with Crippen LogP contribution in [0.2, 0.25) is 0 Å². The van der Waals surface area contributed by atoms with E-state index >= 15 is 0 Å². The van der Waals surface area contributed by atoms with Crippen LogP contribution in [0, 0.1) is 5.82 Å². The van der Waals surface area contributed by atoms with Crippen molar-refractivity contribution in [2.75, 3.05) is 12.8 Å². The Bertz CT molecular complexity index is 540. The number of hydrogen-bond donors (Lipinski definition) is 0. The molecule has 0 saturated carbocycles. The zero-order valence-electron chi connectivity index (χ0n) is 10.6. The van der Waals surface area contributed by atoms with E-state index in [4.69, 9.17) is 0 Å². The van der Waals surface area contributed by atoms with Crippen LogP contribution in [0.1, 0.15) is 13.8 Å². The second kappa shape index (κ2) is 5.48. The summed E-state index contributed by atoms with van der Waals surface area (Å²) in [5, 5.41) is 0. The van der Waals surface area contributed by atoms with Crippen molar-refractivity contribution in [3.05, 3.63) is 30.1 Å². The molecule has 0 fully saturated rings. The standard InChI is InChI=1S/C12H16FNO3S/c1-9(2)14(3)12(15)8-18(16,17)11-6-4-5-10(13)7-11/h4-7,9H,8H2,1-3H3. The van der Waals surface area contributed by atoms with Gasteiger partial charge in [-0.05, 0) is 32.0 Å². The summed E-state index contributed by atoms with van der Waals surface area (Å²) in [5.74, 6) is -1.79. The summed E-state index contributed by atoms with van der Waals surface area (Å²) in [7, 11) is -2.26. The van der Waals surface area contributed by atoms with Crippen molar-refractivity contribution in [3.8, 4) is 0 Å². The number of hydrogen-bond acceptors (Lipinski definition) is 3. The van der Waals surface area contributed by atoms with E-state index in [0.29, 0.717) is 0 Å². The summed E-state index contributed by atoms with van der Waals surface area (Å²) in [6.45, 7) is 3.57. The largest absolute Gasteiger partial charge is 0.342 e. The molecule has 0 bridgehead atoms. The lowest BCUT2D eigenvalue weighted by Crippen LogP contribution is -2.37. The van der Waals surface area contributed by atoms with Gasteiger partial charge in [-0.1, -0.05) is 6.07 Å². The molecule has 1 aromatic rings. The molecule has 0 atom stereocenters. The second-order valence-electron chi connectivity index (χ2n) is 4.31. The van der Waals surface area contributed by atoms with E-state index in [1.54, 1.807) is 13.8 Å². The van der Waals surface area contributed by atoms with E-state index in [0.717, 1.165) is 12.1 Å². The zero-order chi connectivity index (χ0) is 13.9. The van der Waals surface area contributed by atoms with Crippen molar-refractivity contribution in [3.63, 3.8) is 0 Å². The van der Waals surface area contributed by atoms with Gasteiger partial charge < -0.3 is 4.90 Å². The summed E-state index contributed by atoms with van der Waals surface area (Å²) < 4.78 is 36.8. The average Bonchev–Trinajstić information content (AvgIpc) is 2.27. The zero-order valence-corrected chi connectivity index (χ0v) is 11.4. The van der Waals surface area contributed by atoms with Crippen LogP contribution in [0.25, 0.3) is 0 Å². The molecule has 0 N–H and O–H groups in total. The van der Waals surface area contributed by atoms with Gasteiger partial charge in [-0.15, -0.1) is 0 Å². The molecule has 4 nitrogen and oxygen atoms in total. The molecule has 0 aliphatic rings. The predicted octanol–water partition coefficient (Wildman–Crippen LogP) is 1.47. The number of rotatable bonds is 4. The van der Waals surface area contributed by atoms with Crippen molar-refractivity contribution < 1.29 is 17.6 Å². The third kappa shape index (κ3) is 3.53. The number of carbonyl (C=O) groups is 1. The third-order valence-electron chi connectivity index (χ3n) is 2.64. The Hall–Kier alpha value is -1.43. The van der Waals surface area contributed by atoms with Crippen molar-refractivity contribution >= 4 is 15.7 Å². The highest BCUT2D eigenvalue weighted by molar-refractivity contribution is 7.92. The van der Waals surface area contributed by atoms with Crippen LogP contribution in [-0.4, -0.2) is 38.1 Å². The van der Waals surface area contributed by atoms with E-state index in [1.807, 2.05) is 0 Å². The van der Waals surface area contributed by atoms with Gasteiger partial charge in [0, 0.05) is 13.1 Å². The summed E-state index contributed by atoms with van der Waals surface area (Å²) in [6.07, 6.45) is 0. The minimum Gasteiger partial charge on any atom is -0.342 e. The highest BCUT2D eigenvalue weighted by Gasteiger charge is 2.23. The van der Waals surface area contributed by atoms with Crippen LogP contribution in [0.3, 0.4) is 0 Å². The van der Waals surface area contributed by atoms with Gasteiger partial charge in [0.05, 0.1) is 4.90 Å². The van der Waals surface area contributed by atoms with Gasteiger partial charge >= 0.3 is 0 Å². The van der Waals surface area contributed by atoms with Gasteiger partial charge in [0.25, 0.3) is 0 Å². The fourth-order valence-corrected chi connectivity index (χ4v) is 2.57. The summed E-state index contributed by atoms with van der Waals surface area (Å²) in [6, 6.07) is 4.57. The van der Waals surface area contributed by atoms with Crippen LogP contribution in [-0.2, 0) is 14.6 Å². The molecule has 0 spiro atoms. The maximum atomic E-state index is 13.0. The maximum absolute atomic E-state index is 13.0. The highest BCUT2D eigenvalue weighted by Crippen LogP contribution is 2.13. The lowest BCUT2D eigenvalue weighted by Gasteiger charge is -2.21. The maximum Gasteiger partial charge on any atom is 0.238 e. The van der Waals surface area contributed by atoms with Gasteiger partial charge in [0.2, 0.25) is 5.91 Å². The molecule has 100 valence electrons. The number of amides is 1. The molecule has 0 aliphatic carbocycles. The number of benzene rings is 1. The molecule has 18 heavy (non-hydrogen) atoms. The first-order chi connectivity index (χ1) is 8.24. The smallest absolute Gasteiger partial charge is 0.238 e. The van der Waals surface area contributed by atoms with Crippen LogP contribution >= 0.6 is 0 Å². The molecule has 0 heterocycles. The van der Waals surface area contributed by atoms with E-state index in [1.165, 1.54) is 24.1 Å². The van der Waals surface area contributed by atoms with E-state index in [9.17, 15) is 17.6 Å². The molecule has 1 aromatic carbocycles. The molecule has 6 heteroatoms. The van der Waals surface area contributed by atoms with Gasteiger partial charge in [-0.3, -0.25) is 4.79 Å². The Morgan fingerprint density at radius 2 is 2.00 bits per heavy atom. The van der Waals surface area contributed by atoms with E-state index in [-0.39, 0.29) is 10.9 Å². The molecule has 1 amide bonds. The van der Waals surface area contributed by atoms with Crippen LogP contribution in [0.15, 0.2) is 29.2 Å². The fraction of sp³-hybridized carbons (Fsp3) is 0.417. The number of nitrogens with zero attached hydrogens (tertiary/aromatic N) is 1. The summed E-state index contributed by atoms with van der Waals surface area (Å²) >= 11 is 0. The second-order valence-corrected chi connectivity index (χ2v) is 6.30. The van der Waals surface area contributed by atoms with Gasteiger partial charge in [-0.25, -0.2) is 12.8 Å². The lowest BCUT2D eigenvalue weighted by atomic mass is 10.3. The Labute approximate surface area is 106 Å². The SMILES string of the molecule is CC(C)N(C)C(=O)CS(=O)(=O)c1cccc(F)c1. The predicted molar refractivity (Wildman–Crippen MR) is 66.4 cm³/mol. The Morgan fingerprint density at radius 1 is 1.39 bits per heavy atom. The Kier molecular flexibility index (Phi) is 4.45. The van der Waals surface area contributed by atoms with Crippen LogP contribution in [0.4, 0.5) is 4.39 Å². The number of sulfone groups is 1. The summed E-state index contributed by atoms with van der Waals surface area (Å²) in [4.78, 5) is 12.9. The first-order valence-electron chi connectivity index (χ1n) is 5.48. The Balaban J connectivity index is 2.93. The van der Waals surface area contributed by atoms with Crippen molar-refractivity contribution in [1.82, 2.24) is 4.90 Å². The molecule has 0 unspecified atom stereocenters. The summed E-state index contributed by atoms with van der Waals surface area (Å²) in [5.41, 5.74) is 0. The minimum absolute atomic E-state index is 0.0831. The van der Waals surface area contributed by atoms with Gasteiger partial charge in [0.1, 0.15) is 11.6 Å². The first-order valence-corrected chi connectivity index (χ1v) is 7.13. The normalized spacial score (nSPS) is 11.6. The first kappa shape index (κ1) is 14.6. The highest BCUT2D eigenvalue weighted by atomic mass is 32.2. The van der Waals surface area contributed by atoms with E-state index < -0.39 is 27.3 Å². The molecule has 0 aliphatic heterocycles. The lowest BCUT2D eigenvalue weighted by molar-refractivity contribution is -0.128. The quantitative estimate of drug-likeness (QED) is 0.834. The monoisotopic (exact) mass is 273 g/mol. The molecule has 0 radical (unpaired) electrons. The van der Waals surface area contributed by atoms with Crippen molar-refractivity contribution in [2.45, 2.75) is 24.8 Å². The third-order valence-corrected chi connectivity index (χ3v) is 4.24. The molecule has 0 saturated heterocycles. The van der Waals surface area contributed by atoms with Gasteiger partial charge in [-0.2, -0.15) is 0 Å². The van der Waals surface area contributed by atoms with Crippen molar-refractivity contribution in [2.24, 2.45) is 0 Å². The molecule has 1 rings (SSSR count). The molecular weight excluding hydrogens is 257 g/mol. The minimum atomic E-state index is -3.79.